The maximum absolute atomic E-state index is 12.4. The largest absolute Gasteiger partial charge is 0.391 e. The summed E-state index contributed by atoms with van der Waals surface area (Å²) in [6.07, 6.45) is 5.40. The van der Waals surface area contributed by atoms with Gasteiger partial charge < -0.3 is 10.4 Å². The summed E-state index contributed by atoms with van der Waals surface area (Å²) in [7, 11) is 0. The van der Waals surface area contributed by atoms with Gasteiger partial charge in [-0.25, -0.2) is 0 Å². The molecule has 1 amide bonds. The molecule has 0 bridgehead atoms. The lowest BCUT2D eigenvalue weighted by atomic mass is 9.94. The first-order valence-electron chi connectivity index (χ1n) is 7.42. The number of pyridine rings is 1. The van der Waals surface area contributed by atoms with E-state index < -0.39 is 6.10 Å². The first kappa shape index (κ1) is 13.9. The van der Waals surface area contributed by atoms with E-state index in [2.05, 4.69) is 20.8 Å². The number of fused-ring (bicyclic) bond motifs is 1. The smallest absolute Gasteiger partial charge is 0.270 e. The van der Waals surface area contributed by atoms with Crippen LogP contribution in [0.5, 0.6) is 0 Å². The zero-order chi connectivity index (χ0) is 14.7. The molecule has 0 radical (unpaired) electrons. The molecule has 112 valence electrons. The van der Waals surface area contributed by atoms with Crippen LogP contribution in [0.4, 0.5) is 0 Å². The predicted octanol–water partition coefficient (Wildman–Crippen LogP) is 0.938. The van der Waals surface area contributed by atoms with Gasteiger partial charge in [-0.3, -0.25) is 4.79 Å². The van der Waals surface area contributed by atoms with E-state index in [4.69, 9.17) is 0 Å². The van der Waals surface area contributed by atoms with Crippen LogP contribution in [-0.4, -0.2) is 43.2 Å². The van der Waals surface area contributed by atoms with Crippen molar-refractivity contribution in [3.63, 3.8) is 0 Å². The molecule has 2 aromatic rings. The van der Waals surface area contributed by atoms with Gasteiger partial charge in [0.15, 0.2) is 5.65 Å². The van der Waals surface area contributed by atoms with E-state index in [0.29, 0.717) is 11.3 Å². The molecule has 2 N–H and O–H groups in total. The SMILES string of the molecule is O=C(N[C@H]1CCCCCC[C@@H]1O)c1cccc2nnnn12. The van der Waals surface area contributed by atoms with E-state index in [1.807, 2.05) is 0 Å². The van der Waals surface area contributed by atoms with Crippen molar-refractivity contribution in [1.29, 1.82) is 0 Å². The molecule has 0 unspecified atom stereocenters. The van der Waals surface area contributed by atoms with Crippen molar-refractivity contribution in [3.05, 3.63) is 23.9 Å². The Hall–Kier alpha value is -2.02. The Morgan fingerprint density at radius 1 is 1.24 bits per heavy atom. The Morgan fingerprint density at radius 2 is 2.05 bits per heavy atom. The van der Waals surface area contributed by atoms with Crippen molar-refractivity contribution in [2.24, 2.45) is 0 Å². The second-order valence-corrected chi connectivity index (χ2v) is 5.50. The number of aliphatic hydroxyl groups excluding tert-OH is 1. The first-order valence-corrected chi connectivity index (χ1v) is 7.42. The third kappa shape index (κ3) is 3.02. The minimum absolute atomic E-state index is 0.204. The normalized spacial score (nSPS) is 23.5. The minimum atomic E-state index is -0.484. The molecule has 21 heavy (non-hydrogen) atoms. The summed E-state index contributed by atoms with van der Waals surface area (Å²) in [6.45, 7) is 0. The third-order valence-corrected chi connectivity index (χ3v) is 4.00. The van der Waals surface area contributed by atoms with E-state index in [-0.39, 0.29) is 11.9 Å². The summed E-state index contributed by atoms with van der Waals surface area (Å²) in [5.41, 5.74) is 0.910. The highest BCUT2D eigenvalue weighted by Gasteiger charge is 2.24. The highest BCUT2D eigenvalue weighted by atomic mass is 16.3. The van der Waals surface area contributed by atoms with E-state index in [0.717, 1.165) is 38.5 Å². The molecule has 2 heterocycles. The number of nitrogens with zero attached hydrogens (tertiary/aromatic N) is 4. The fourth-order valence-corrected chi connectivity index (χ4v) is 2.81. The number of rotatable bonds is 2. The summed E-state index contributed by atoms with van der Waals surface area (Å²) >= 11 is 0. The molecule has 0 aromatic carbocycles. The van der Waals surface area contributed by atoms with Crippen LogP contribution in [0.2, 0.25) is 0 Å². The standard InChI is InChI=1S/C14H19N5O2/c20-12-8-4-2-1-3-6-10(12)15-14(21)11-7-5-9-13-16-17-18-19(11)13/h5,7,9-10,12,20H,1-4,6,8H2,(H,15,21)/t10-,12-/m0/s1. The van der Waals surface area contributed by atoms with Crippen LogP contribution in [0.15, 0.2) is 18.2 Å². The second-order valence-electron chi connectivity index (χ2n) is 5.50. The zero-order valence-electron chi connectivity index (χ0n) is 11.8. The van der Waals surface area contributed by atoms with Crippen LogP contribution in [0.25, 0.3) is 5.65 Å². The van der Waals surface area contributed by atoms with Gasteiger partial charge in [0, 0.05) is 0 Å². The summed E-state index contributed by atoms with van der Waals surface area (Å²) < 4.78 is 1.41. The molecule has 1 aliphatic carbocycles. The topological polar surface area (TPSA) is 92.4 Å². The van der Waals surface area contributed by atoms with Crippen molar-refractivity contribution in [3.8, 4) is 0 Å². The molecule has 7 nitrogen and oxygen atoms in total. The lowest BCUT2D eigenvalue weighted by Gasteiger charge is -2.26. The highest BCUT2D eigenvalue weighted by molar-refractivity contribution is 5.93. The van der Waals surface area contributed by atoms with Crippen LogP contribution >= 0.6 is 0 Å². The molecular formula is C14H19N5O2. The van der Waals surface area contributed by atoms with Gasteiger partial charge in [-0.1, -0.05) is 31.7 Å². The van der Waals surface area contributed by atoms with Crippen molar-refractivity contribution in [1.82, 2.24) is 25.4 Å². The Kier molecular flexibility index (Phi) is 4.10. The fourth-order valence-electron chi connectivity index (χ4n) is 2.81. The molecule has 2 atom stereocenters. The van der Waals surface area contributed by atoms with E-state index in [1.165, 1.54) is 4.52 Å². The molecule has 7 heteroatoms. The van der Waals surface area contributed by atoms with Gasteiger partial charge >= 0.3 is 0 Å². The van der Waals surface area contributed by atoms with E-state index in [9.17, 15) is 9.90 Å². The maximum atomic E-state index is 12.4. The average molecular weight is 289 g/mol. The van der Waals surface area contributed by atoms with Crippen LogP contribution in [0, 0.1) is 0 Å². The quantitative estimate of drug-likeness (QED) is 0.858. The zero-order valence-corrected chi connectivity index (χ0v) is 11.8. The second kappa shape index (κ2) is 6.17. The Morgan fingerprint density at radius 3 is 2.90 bits per heavy atom. The number of aromatic nitrogens is 4. The predicted molar refractivity (Wildman–Crippen MR) is 75.7 cm³/mol. The van der Waals surface area contributed by atoms with Crippen molar-refractivity contribution < 1.29 is 9.90 Å². The summed E-state index contributed by atoms with van der Waals surface area (Å²) in [5.74, 6) is -0.252. The Labute approximate surface area is 122 Å². The Balaban J connectivity index is 1.77. The van der Waals surface area contributed by atoms with Gasteiger partial charge in [0.1, 0.15) is 5.69 Å². The van der Waals surface area contributed by atoms with Gasteiger partial charge in [-0.2, -0.15) is 4.52 Å². The van der Waals surface area contributed by atoms with Gasteiger partial charge in [0.05, 0.1) is 12.1 Å². The monoisotopic (exact) mass is 289 g/mol. The minimum Gasteiger partial charge on any atom is -0.391 e. The molecule has 2 aromatic heterocycles. The molecule has 3 rings (SSSR count). The maximum Gasteiger partial charge on any atom is 0.270 e. The first-order chi connectivity index (χ1) is 10.3. The number of aliphatic hydroxyl groups is 1. The number of hydrogen-bond donors (Lipinski definition) is 2. The number of nitrogens with one attached hydrogen (secondary N) is 1. The fraction of sp³-hybridized carbons (Fsp3) is 0.571. The van der Waals surface area contributed by atoms with Crippen LogP contribution < -0.4 is 5.32 Å². The highest BCUT2D eigenvalue weighted by Crippen LogP contribution is 2.18. The molecular weight excluding hydrogens is 270 g/mol. The van der Waals surface area contributed by atoms with E-state index >= 15 is 0 Å². The number of hydrogen-bond acceptors (Lipinski definition) is 5. The van der Waals surface area contributed by atoms with E-state index in [1.54, 1.807) is 18.2 Å². The van der Waals surface area contributed by atoms with Crippen molar-refractivity contribution in [2.45, 2.75) is 50.7 Å². The molecule has 0 aliphatic heterocycles. The van der Waals surface area contributed by atoms with Crippen molar-refractivity contribution >= 4 is 11.6 Å². The summed E-state index contributed by atoms with van der Waals surface area (Å²) in [5, 5.41) is 24.3. The lowest BCUT2D eigenvalue weighted by Crippen LogP contribution is -2.44. The van der Waals surface area contributed by atoms with Crippen LogP contribution in [-0.2, 0) is 0 Å². The lowest BCUT2D eigenvalue weighted by molar-refractivity contribution is 0.0765. The number of carbonyl (C=O) groups excluding carboxylic acids is 1. The van der Waals surface area contributed by atoms with Gasteiger partial charge in [0.25, 0.3) is 5.91 Å². The average Bonchev–Trinajstić information content (AvgIpc) is 2.95. The number of tetrazole rings is 1. The van der Waals surface area contributed by atoms with Crippen molar-refractivity contribution in [2.75, 3.05) is 0 Å². The number of amides is 1. The third-order valence-electron chi connectivity index (χ3n) is 4.00. The molecule has 0 saturated heterocycles. The Bertz CT molecular complexity index is 627. The van der Waals surface area contributed by atoms with Crippen LogP contribution in [0.1, 0.15) is 49.0 Å². The molecule has 1 saturated carbocycles. The van der Waals surface area contributed by atoms with Gasteiger partial charge in [0.2, 0.25) is 0 Å². The summed E-state index contributed by atoms with van der Waals surface area (Å²) in [6, 6.07) is 4.95. The summed E-state index contributed by atoms with van der Waals surface area (Å²) in [4.78, 5) is 12.4. The molecule has 1 aliphatic rings. The van der Waals surface area contributed by atoms with Gasteiger partial charge in [-0.05, 0) is 35.4 Å². The molecule has 0 spiro atoms. The number of carbonyl (C=O) groups is 1. The van der Waals surface area contributed by atoms with Gasteiger partial charge in [-0.15, -0.1) is 5.10 Å². The van der Waals surface area contributed by atoms with Crippen LogP contribution in [0.3, 0.4) is 0 Å². The molecule has 1 fully saturated rings.